The number of carbonyl (C=O) groups is 1. The van der Waals surface area contributed by atoms with Crippen molar-refractivity contribution < 1.29 is 4.79 Å². The van der Waals surface area contributed by atoms with Gasteiger partial charge in [0.05, 0.1) is 18.0 Å². The van der Waals surface area contributed by atoms with Gasteiger partial charge in [-0.25, -0.2) is 0 Å². The second-order valence-electron chi connectivity index (χ2n) is 6.02. The normalized spacial score (nSPS) is 15.1. The number of carbonyl (C=O) groups excluding carboxylic acids is 1. The third kappa shape index (κ3) is 4.27. The molecule has 1 fully saturated rings. The van der Waals surface area contributed by atoms with E-state index in [4.69, 9.17) is 18.0 Å². The first-order valence-corrected chi connectivity index (χ1v) is 8.02. The molecular weight excluding hydrogens is 280 g/mol. The van der Waals surface area contributed by atoms with Gasteiger partial charge in [-0.15, -0.1) is 0 Å². The second kappa shape index (κ2) is 7.03. The zero-order chi connectivity index (χ0) is 15.4. The molecule has 3 nitrogen and oxygen atoms in total. The monoisotopic (exact) mass is 304 g/mol. The van der Waals surface area contributed by atoms with Gasteiger partial charge in [0.15, 0.2) is 0 Å². The summed E-state index contributed by atoms with van der Waals surface area (Å²) in [6, 6.07) is 6.52. The minimum atomic E-state index is 0.137. The van der Waals surface area contributed by atoms with E-state index in [0.717, 1.165) is 18.4 Å². The minimum absolute atomic E-state index is 0.137. The Morgan fingerprint density at radius 3 is 2.52 bits per heavy atom. The van der Waals surface area contributed by atoms with E-state index in [1.807, 2.05) is 11.0 Å². The number of hydrogen-bond donors (Lipinski definition) is 1. The molecule has 0 aromatic heterocycles. The minimum Gasteiger partial charge on any atom is -0.392 e. The van der Waals surface area contributed by atoms with Crippen molar-refractivity contribution in [3.05, 3.63) is 34.9 Å². The molecule has 0 aliphatic heterocycles. The molecule has 1 amide bonds. The van der Waals surface area contributed by atoms with E-state index in [0.29, 0.717) is 24.0 Å². The van der Waals surface area contributed by atoms with Gasteiger partial charge in [0.25, 0.3) is 0 Å². The molecule has 0 heterocycles. The van der Waals surface area contributed by atoms with E-state index < -0.39 is 0 Å². The van der Waals surface area contributed by atoms with Crippen LogP contribution in [-0.4, -0.2) is 28.4 Å². The second-order valence-corrected chi connectivity index (χ2v) is 6.55. The Bertz CT molecular complexity index is 536. The lowest BCUT2D eigenvalue weighted by atomic mass is 10.0. The lowest BCUT2D eigenvalue weighted by Crippen LogP contribution is -2.44. The molecule has 1 aliphatic rings. The quantitative estimate of drug-likeness (QED) is 0.851. The largest absolute Gasteiger partial charge is 0.392 e. The van der Waals surface area contributed by atoms with Gasteiger partial charge in [-0.1, -0.05) is 43.3 Å². The predicted octanol–water partition coefficient (Wildman–Crippen LogP) is 2.90. The first kappa shape index (κ1) is 16.0. The SMILES string of the molecule is Cc1ccc(CC(=O)N(CC(N)=S)C2CCCC2)cc1C. The van der Waals surface area contributed by atoms with Crippen LogP contribution in [0.5, 0.6) is 0 Å². The third-order valence-corrected chi connectivity index (χ3v) is 4.47. The molecule has 114 valence electrons. The highest BCUT2D eigenvalue weighted by Crippen LogP contribution is 2.24. The van der Waals surface area contributed by atoms with E-state index in [2.05, 4.69) is 26.0 Å². The number of aryl methyl sites for hydroxylation is 2. The van der Waals surface area contributed by atoms with E-state index in [9.17, 15) is 4.79 Å². The smallest absolute Gasteiger partial charge is 0.227 e. The maximum atomic E-state index is 12.6. The van der Waals surface area contributed by atoms with Crippen LogP contribution in [0.1, 0.15) is 42.4 Å². The Morgan fingerprint density at radius 2 is 1.95 bits per heavy atom. The van der Waals surface area contributed by atoms with Crippen LogP contribution in [0.3, 0.4) is 0 Å². The summed E-state index contributed by atoms with van der Waals surface area (Å²) in [5.74, 6) is 0.137. The summed E-state index contributed by atoms with van der Waals surface area (Å²) < 4.78 is 0. The van der Waals surface area contributed by atoms with Gasteiger partial charge < -0.3 is 10.6 Å². The van der Waals surface area contributed by atoms with Crippen LogP contribution in [0.2, 0.25) is 0 Å². The number of thiocarbonyl (C=S) groups is 1. The van der Waals surface area contributed by atoms with Crippen LogP contribution < -0.4 is 5.73 Å². The lowest BCUT2D eigenvalue weighted by Gasteiger charge is -2.28. The standard InChI is InChI=1S/C17H24N2OS/c1-12-7-8-14(9-13(12)2)10-17(20)19(11-16(18)21)15-5-3-4-6-15/h7-9,15H,3-6,10-11H2,1-2H3,(H2,18,21). The molecule has 1 aliphatic carbocycles. The van der Waals surface area contributed by atoms with E-state index in [-0.39, 0.29) is 5.91 Å². The zero-order valence-electron chi connectivity index (χ0n) is 12.9. The fraction of sp³-hybridized carbons (Fsp3) is 0.529. The van der Waals surface area contributed by atoms with Gasteiger partial charge >= 0.3 is 0 Å². The van der Waals surface area contributed by atoms with Gasteiger partial charge in [-0.3, -0.25) is 4.79 Å². The van der Waals surface area contributed by atoms with Crippen molar-refractivity contribution in [1.29, 1.82) is 0 Å². The summed E-state index contributed by atoms with van der Waals surface area (Å²) in [4.78, 5) is 14.9. The van der Waals surface area contributed by atoms with Crippen molar-refractivity contribution in [2.45, 2.75) is 52.0 Å². The van der Waals surface area contributed by atoms with Crippen molar-refractivity contribution in [2.24, 2.45) is 5.73 Å². The number of amides is 1. The zero-order valence-corrected chi connectivity index (χ0v) is 13.7. The molecule has 0 bridgehead atoms. The molecule has 2 rings (SSSR count). The topological polar surface area (TPSA) is 46.3 Å². The van der Waals surface area contributed by atoms with Gasteiger partial charge in [0.1, 0.15) is 0 Å². The van der Waals surface area contributed by atoms with Crippen LogP contribution in [0.25, 0.3) is 0 Å². The third-order valence-electron chi connectivity index (χ3n) is 4.34. The first-order chi connectivity index (χ1) is 9.97. The van der Waals surface area contributed by atoms with E-state index in [1.165, 1.54) is 24.0 Å². The van der Waals surface area contributed by atoms with Crippen molar-refractivity contribution >= 4 is 23.1 Å². The molecule has 1 aromatic rings. The van der Waals surface area contributed by atoms with Gasteiger partial charge in [-0.2, -0.15) is 0 Å². The molecule has 0 unspecified atom stereocenters. The van der Waals surface area contributed by atoms with Gasteiger partial charge in [0, 0.05) is 6.04 Å². The number of rotatable bonds is 5. The average Bonchev–Trinajstić information content (AvgIpc) is 2.93. The molecule has 0 saturated heterocycles. The molecule has 21 heavy (non-hydrogen) atoms. The Morgan fingerprint density at radius 1 is 1.29 bits per heavy atom. The molecule has 2 N–H and O–H groups in total. The van der Waals surface area contributed by atoms with E-state index >= 15 is 0 Å². The Labute approximate surface area is 132 Å². The summed E-state index contributed by atoms with van der Waals surface area (Å²) >= 11 is 5.01. The highest BCUT2D eigenvalue weighted by Gasteiger charge is 2.26. The molecule has 1 saturated carbocycles. The molecule has 4 heteroatoms. The first-order valence-electron chi connectivity index (χ1n) is 7.61. The average molecular weight is 304 g/mol. The lowest BCUT2D eigenvalue weighted by molar-refractivity contribution is -0.131. The van der Waals surface area contributed by atoms with Crippen LogP contribution in [0.4, 0.5) is 0 Å². The van der Waals surface area contributed by atoms with Crippen molar-refractivity contribution in [3.8, 4) is 0 Å². The Kier molecular flexibility index (Phi) is 5.34. The van der Waals surface area contributed by atoms with Crippen LogP contribution in [0, 0.1) is 13.8 Å². The summed E-state index contributed by atoms with van der Waals surface area (Å²) in [6.07, 6.45) is 4.95. The molecule has 1 aromatic carbocycles. The summed E-state index contributed by atoms with van der Waals surface area (Å²) in [7, 11) is 0. The highest BCUT2D eigenvalue weighted by molar-refractivity contribution is 7.80. The maximum absolute atomic E-state index is 12.6. The van der Waals surface area contributed by atoms with Crippen molar-refractivity contribution in [2.75, 3.05) is 6.54 Å². The Hall–Kier alpha value is -1.42. The maximum Gasteiger partial charge on any atom is 0.227 e. The van der Waals surface area contributed by atoms with Crippen molar-refractivity contribution in [1.82, 2.24) is 4.90 Å². The van der Waals surface area contributed by atoms with Crippen molar-refractivity contribution in [3.63, 3.8) is 0 Å². The number of nitrogens with two attached hydrogens (primary N) is 1. The summed E-state index contributed by atoms with van der Waals surface area (Å²) in [5, 5.41) is 0. The number of nitrogens with zero attached hydrogens (tertiary/aromatic N) is 1. The highest BCUT2D eigenvalue weighted by atomic mass is 32.1. The predicted molar refractivity (Wildman–Crippen MR) is 90.4 cm³/mol. The molecule has 0 radical (unpaired) electrons. The fourth-order valence-corrected chi connectivity index (χ4v) is 3.13. The fourth-order valence-electron chi connectivity index (χ4n) is 2.99. The van der Waals surface area contributed by atoms with E-state index in [1.54, 1.807) is 0 Å². The molecular formula is C17H24N2OS. The summed E-state index contributed by atoms with van der Waals surface area (Å²) in [6.45, 7) is 4.56. The summed E-state index contributed by atoms with van der Waals surface area (Å²) in [5.41, 5.74) is 9.21. The van der Waals surface area contributed by atoms with Crippen LogP contribution in [-0.2, 0) is 11.2 Å². The number of benzene rings is 1. The van der Waals surface area contributed by atoms with Gasteiger partial charge in [-0.05, 0) is 43.4 Å². The Balaban J connectivity index is 2.09. The molecule has 0 spiro atoms. The van der Waals surface area contributed by atoms with Gasteiger partial charge in [0.2, 0.25) is 5.91 Å². The number of hydrogen-bond acceptors (Lipinski definition) is 2. The van der Waals surface area contributed by atoms with Crippen LogP contribution >= 0.6 is 12.2 Å². The molecule has 0 atom stereocenters. The van der Waals surface area contributed by atoms with Crippen LogP contribution in [0.15, 0.2) is 18.2 Å².